The van der Waals surface area contributed by atoms with Crippen LogP contribution in [0.4, 0.5) is 0 Å². The molecular formula is C17H20O. The van der Waals surface area contributed by atoms with Crippen LogP contribution >= 0.6 is 0 Å². The van der Waals surface area contributed by atoms with Crippen LogP contribution in [-0.2, 0) is 0 Å². The molecule has 0 aliphatic carbocycles. The summed E-state index contributed by atoms with van der Waals surface area (Å²) in [4.78, 5) is 0. The second kappa shape index (κ2) is 6.36. The largest absolute Gasteiger partial charge is 0.393 e. The molecule has 0 saturated carbocycles. The van der Waals surface area contributed by atoms with E-state index in [1.807, 2.05) is 19.1 Å². The number of aliphatic hydroxyl groups excluding tert-OH is 1. The van der Waals surface area contributed by atoms with Crippen LogP contribution in [0, 0.1) is 0 Å². The zero-order valence-electron chi connectivity index (χ0n) is 10.8. The van der Waals surface area contributed by atoms with Crippen molar-refractivity contribution in [3.8, 4) is 0 Å². The SMILES string of the molecule is CCC(O)CC(c1ccccc1)c1ccccc1. The van der Waals surface area contributed by atoms with E-state index in [-0.39, 0.29) is 12.0 Å². The lowest BCUT2D eigenvalue weighted by Gasteiger charge is -2.20. The van der Waals surface area contributed by atoms with Crippen LogP contribution in [0.3, 0.4) is 0 Å². The number of hydrogen-bond donors (Lipinski definition) is 1. The highest BCUT2D eigenvalue weighted by Gasteiger charge is 2.17. The predicted octanol–water partition coefficient (Wildman–Crippen LogP) is 3.98. The molecule has 0 amide bonds. The summed E-state index contributed by atoms with van der Waals surface area (Å²) in [7, 11) is 0. The van der Waals surface area contributed by atoms with E-state index >= 15 is 0 Å². The van der Waals surface area contributed by atoms with Gasteiger partial charge in [-0.25, -0.2) is 0 Å². The van der Waals surface area contributed by atoms with Gasteiger partial charge >= 0.3 is 0 Å². The standard InChI is InChI=1S/C17H20O/c1-2-16(18)13-17(14-9-5-3-6-10-14)15-11-7-4-8-12-15/h3-12,16-18H,2,13H2,1H3. The average molecular weight is 240 g/mol. The van der Waals surface area contributed by atoms with Crippen molar-refractivity contribution in [2.45, 2.75) is 31.8 Å². The molecule has 0 aromatic heterocycles. The Morgan fingerprint density at radius 3 is 1.67 bits per heavy atom. The lowest BCUT2D eigenvalue weighted by atomic mass is 9.86. The third kappa shape index (κ3) is 3.21. The van der Waals surface area contributed by atoms with E-state index in [4.69, 9.17) is 0 Å². The van der Waals surface area contributed by atoms with Gasteiger partial charge in [0.1, 0.15) is 0 Å². The highest BCUT2D eigenvalue weighted by Crippen LogP contribution is 2.29. The molecule has 0 spiro atoms. The zero-order valence-corrected chi connectivity index (χ0v) is 10.8. The minimum absolute atomic E-state index is 0.240. The Morgan fingerprint density at radius 2 is 1.28 bits per heavy atom. The molecule has 2 rings (SSSR count). The summed E-state index contributed by atoms with van der Waals surface area (Å²) in [5.74, 6) is 0.280. The van der Waals surface area contributed by atoms with Crippen molar-refractivity contribution in [1.29, 1.82) is 0 Å². The molecule has 0 aliphatic heterocycles. The van der Waals surface area contributed by atoms with Gasteiger partial charge in [-0.3, -0.25) is 0 Å². The topological polar surface area (TPSA) is 20.2 Å². The fourth-order valence-corrected chi connectivity index (χ4v) is 2.27. The Hall–Kier alpha value is -1.60. The van der Waals surface area contributed by atoms with Crippen molar-refractivity contribution in [3.05, 3.63) is 71.8 Å². The van der Waals surface area contributed by atoms with Crippen LogP contribution in [0.25, 0.3) is 0 Å². The van der Waals surface area contributed by atoms with Gasteiger partial charge in [0, 0.05) is 5.92 Å². The molecule has 1 atom stereocenters. The van der Waals surface area contributed by atoms with Gasteiger partial charge in [-0.2, -0.15) is 0 Å². The van der Waals surface area contributed by atoms with Crippen LogP contribution in [0.5, 0.6) is 0 Å². The number of benzene rings is 2. The summed E-state index contributed by atoms with van der Waals surface area (Å²) >= 11 is 0. The Bertz CT molecular complexity index is 410. The lowest BCUT2D eigenvalue weighted by molar-refractivity contribution is 0.155. The van der Waals surface area contributed by atoms with Gasteiger partial charge < -0.3 is 5.11 Å². The van der Waals surface area contributed by atoms with Crippen molar-refractivity contribution in [1.82, 2.24) is 0 Å². The number of rotatable bonds is 5. The number of aliphatic hydroxyl groups is 1. The first-order valence-corrected chi connectivity index (χ1v) is 6.59. The second-order valence-corrected chi connectivity index (χ2v) is 4.67. The van der Waals surface area contributed by atoms with Gasteiger partial charge in [0.15, 0.2) is 0 Å². The third-order valence-corrected chi connectivity index (χ3v) is 3.38. The smallest absolute Gasteiger partial charge is 0.0546 e. The first kappa shape index (κ1) is 12.8. The Kier molecular flexibility index (Phi) is 4.54. The van der Waals surface area contributed by atoms with Gasteiger partial charge in [-0.1, -0.05) is 67.6 Å². The summed E-state index contributed by atoms with van der Waals surface area (Å²) in [6.07, 6.45) is 1.34. The molecule has 1 unspecified atom stereocenters. The summed E-state index contributed by atoms with van der Waals surface area (Å²) < 4.78 is 0. The molecule has 0 saturated heterocycles. The van der Waals surface area contributed by atoms with Crippen LogP contribution in [0.1, 0.15) is 36.8 Å². The summed E-state index contributed by atoms with van der Waals surface area (Å²) in [6, 6.07) is 20.9. The molecule has 0 radical (unpaired) electrons. The monoisotopic (exact) mass is 240 g/mol. The van der Waals surface area contributed by atoms with Gasteiger partial charge in [0.05, 0.1) is 6.10 Å². The quantitative estimate of drug-likeness (QED) is 0.838. The molecule has 2 aromatic rings. The van der Waals surface area contributed by atoms with E-state index in [0.717, 1.165) is 12.8 Å². The van der Waals surface area contributed by atoms with Crippen LogP contribution in [0.2, 0.25) is 0 Å². The van der Waals surface area contributed by atoms with Crippen LogP contribution in [-0.4, -0.2) is 11.2 Å². The van der Waals surface area contributed by atoms with E-state index < -0.39 is 0 Å². The van der Waals surface area contributed by atoms with Gasteiger partial charge in [-0.15, -0.1) is 0 Å². The van der Waals surface area contributed by atoms with E-state index in [1.165, 1.54) is 11.1 Å². The first-order valence-electron chi connectivity index (χ1n) is 6.59. The first-order chi connectivity index (χ1) is 8.81. The molecule has 94 valence electrons. The van der Waals surface area contributed by atoms with Gasteiger partial charge in [0.25, 0.3) is 0 Å². The second-order valence-electron chi connectivity index (χ2n) is 4.67. The highest BCUT2D eigenvalue weighted by atomic mass is 16.3. The van der Waals surface area contributed by atoms with Crippen molar-refractivity contribution in [2.24, 2.45) is 0 Å². The van der Waals surface area contributed by atoms with Crippen molar-refractivity contribution < 1.29 is 5.11 Å². The van der Waals surface area contributed by atoms with E-state index in [2.05, 4.69) is 48.5 Å². The fourth-order valence-electron chi connectivity index (χ4n) is 2.27. The average Bonchev–Trinajstić information content (AvgIpc) is 2.46. The molecule has 1 nitrogen and oxygen atoms in total. The van der Waals surface area contributed by atoms with Crippen LogP contribution < -0.4 is 0 Å². The fraction of sp³-hybridized carbons (Fsp3) is 0.294. The summed E-state index contributed by atoms with van der Waals surface area (Å²) in [6.45, 7) is 2.03. The zero-order chi connectivity index (χ0) is 12.8. The van der Waals surface area contributed by atoms with Crippen LogP contribution in [0.15, 0.2) is 60.7 Å². The molecule has 0 fully saturated rings. The minimum Gasteiger partial charge on any atom is -0.393 e. The van der Waals surface area contributed by atoms with E-state index in [9.17, 15) is 5.11 Å². The molecule has 2 aromatic carbocycles. The summed E-state index contributed by atoms with van der Waals surface area (Å²) in [5, 5.41) is 9.95. The van der Waals surface area contributed by atoms with Gasteiger partial charge in [0.2, 0.25) is 0 Å². The molecule has 0 heterocycles. The van der Waals surface area contributed by atoms with E-state index in [1.54, 1.807) is 0 Å². The highest BCUT2D eigenvalue weighted by molar-refractivity contribution is 5.32. The minimum atomic E-state index is -0.240. The Balaban J connectivity index is 2.29. The summed E-state index contributed by atoms with van der Waals surface area (Å²) in [5.41, 5.74) is 2.55. The van der Waals surface area contributed by atoms with Crippen molar-refractivity contribution in [2.75, 3.05) is 0 Å². The molecule has 1 heteroatoms. The van der Waals surface area contributed by atoms with Gasteiger partial charge in [-0.05, 0) is 24.0 Å². The maximum atomic E-state index is 9.95. The Morgan fingerprint density at radius 1 is 0.833 bits per heavy atom. The molecule has 0 aliphatic rings. The van der Waals surface area contributed by atoms with Crippen molar-refractivity contribution >= 4 is 0 Å². The molecule has 0 bridgehead atoms. The van der Waals surface area contributed by atoms with Crippen molar-refractivity contribution in [3.63, 3.8) is 0 Å². The normalized spacial score (nSPS) is 12.6. The molecule has 18 heavy (non-hydrogen) atoms. The maximum absolute atomic E-state index is 9.95. The maximum Gasteiger partial charge on any atom is 0.0546 e. The molecular weight excluding hydrogens is 220 g/mol. The van der Waals surface area contributed by atoms with E-state index in [0.29, 0.717) is 0 Å². The lowest BCUT2D eigenvalue weighted by Crippen LogP contribution is -2.12. The molecule has 1 N–H and O–H groups in total. The Labute approximate surface area is 109 Å². The number of hydrogen-bond acceptors (Lipinski definition) is 1. The predicted molar refractivity (Wildman–Crippen MR) is 75.6 cm³/mol. The third-order valence-electron chi connectivity index (χ3n) is 3.38.